The van der Waals surface area contributed by atoms with Crippen molar-refractivity contribution in [3.8, 4) is 0 Å². The number of rotatable bonds is 2. The van der Waals surface area contributed by atoms with Crippen LogP contribution in [0.5, 0.6) is 0 Å². The summed E-state index contributed by atoms with van der Waals surface area (Å²) in [6.45, 7) is 6.64. The molecule has 0 unspecified atom stereocenters. The van der Waals surface area contributed by atoms with E-state index in [9.17, 15) is 9.59 Å². The Morgan fingerprint density at radius 2 is 1.75 bits per heavy atom. The number of hydrogen-bond donors (Lipinski definition) is 2. The number of amides is 1. The van der Waals surface area contributed by atoms with Gasteiger partial charge < -0.3 is 10.4 Å². The van der Waals surface area contributed by atoms with Crippen LogP contribution in [0.25, 0.3) is 0 Å². The standard InChI is InChI=1S/C8H15NO3/c1-5(6(10)11)9-7(12)8(2,3)4/h5H,1-4H3,(H,9,12)(H,10,11)/t5-/m1/s1. The van der Waals surface area contributed by atoms with Crippen molar-refractivity contribution in [2.24, 2.45) is 5.41 Å². The number of carboxylic acids is 1. The van der Waals surface area contributed by atoms with Crippen molar-refractivity contribution >= 4 is 11.9 Å². The molecule has 0 heterocycles. The van der Waals surface area contributed by atoms with E-state index >= 15 is 0 Å². The highest BCUT2D eigenvalue weighted by Crippen LogP contribution is 2.12. The Kier molecular flexibility index (Phi) is 3.24. The predicted molar refractivity (Wildman–Crippen MR) is 44.7 cm³/mol. The van der Waals surface area contributed by atoms with Crippen LogP contribution in [0.4, 0.5) is 0 Å². The fourth-order valence-electron chi connectivity index (χ4n) is 0.475. The third kappa shape index (κ3) is 3.37. The Morgan fingerprint density at radius 1 is 1.33 bits per heavy atom. The van der Waals surface area contributed by atoms with Crippen LogP contribution in [0.15, 0.2) is 0 Å². The van der Waals surface area contributed by atoms with Crippen molar-refractivity contribution < 1.29 is 14.7 Å². The number of hydrogen-bond acceptors (Lipinski definition) is 2. The summed E-state index contributed by atoms with van der Waals surface area (Å²) in [7, 11) is 0. The minimum Gasteiger partial charge on any atom is -0.480 e. The highest BCUT2D eigenvalue weighted by atomic mass is 16.4. The number of carboxylic acid groups (broad SMARTS) is 1. The monoisotopic (exact) mass is 173 g/mol. The Hall–Kier alpha value is -1.06. The molecule has 0 aromatic rings. The van der Waals surface area contributed by atoms with E-state index < -0.39 is 17.4 Å². The lowest BCUT2D eigenvalue weighted by molar-refractivity contribution is -0.142. The van der Waals surface area contributed by atoms with Gasteiger partial charge in [-0.15, -0.1) is 0 Å². The molecule has 0 aliphatic heterocycles. The molecule has 70 valence electrons. The van der Waals surface area contributed by atoms with Crippen LogP contribution in [-0.4, -0.2) is 23.0 Å². The highest BCUT2D eigenvalue weighted by Gasteiger charge is 2.24. The average molecular weight is 173 g/mol. The van der Waals surface area contributed by atoms with Gasteiger partial charge in [-0.2, -0.15) is 0 Å². The molecule has 1 amide bonds. The third-order valence-electron chi connectivity index (χ3n) is 1.40. The summed E-state index contributed by atoms with van der Waals surface area (Å²) in [5.74, 6) is -1.27. The summed E-state index contributed by atoms with van der Waals surface area (Å²) in [6.07, 6.45) is 0. The van der Waals surface area contributed by atoms with Gasteiger partial charge in [-0.05, 0) is 6.92 Å². The summed E-state index contributed by atoms with van der Waals surface area (Å²) < 4.78 is 0. The molecule has 0 aromatic heterocycles. The van der Waals surface area contributed by atoms with Gasteiger partial charge in [-0.1, -0.05) is 20.8 Å². The van der Waals surface area contributed by atoms with Gasteiger partial charge in [0.05, 0.1) is 0 Å². The van der Waals surface area contributed by atoms with Crippen molar-refractivity contribution in [2.45, 2.75) is 33.7 Å². The number of nitrogens with one attached hydrogen (secondary N) is 1. The lowest BCUT2D eigenvalue weighted by atomic mass is 9.95. The first-order valence-electron chi connectivity index (χ1n) is 3.79. The van der Waals surface area contributed by atoms with Crippen molar-refractivity contribution in [2.75, 3.05) is 0 Å². The third-order valence-corrected chi connectivity index (χ3v) is 1.40. The Bertz CT molecular complexity index is 193. The maximum atomic E-state index is 11.2. The molecule has 1 atom stereocenters. The first kappa shape index (κ1) is 10.9. The van der Waals surface area contributed by atoms with Gasteiger partial charge in [0.15, 0.2) is 0 Å². The van der Waals surface area contributed by atoms with E-state index in [0.717, 1.165) is 0 Å². The lowest BCUT2D eigenvalue weighted by Crippen LogP contribution is -2.43. The predicted octanol–water partition coefficient (Wildman–Crippen LogP) is 0.622. The average Bonchev–Trinajstić information content (AvgIpc) is 1.85. The van der Waals surface area contributed by atoms with Crippen molar-refractivity contribution in [3.05, 3.63) is 0 Å². The summed E-state index contributed by atoms with van der Waals surface area (Å²) in [4.78, 5) is 21.6. The number of aliphatic carboxylic acids is 1. The molecule has 0 fully saturated rings. The molecule has 0 spiro atoms. The summed E-state index contributed by atoms with van der Waals surface area (Å²) in [5.41, 5.74) is -0.538. The molecular weight excluding hydrogens is 158 g/mol. The molecule has 4 nitrogen and oxygen atoms in total. The van der Waals surface area contributed by atoms with E-state index in [0.29, 0.717) is 0 Å². The zero-order chi connectivity index (χ0) is 9.94. The molecule has 0 bridgehead atoms. The lowest BCUT2D eigenvalue weighted by Gasteiger charge is -2.19. The largest absolute Gasteiger partial charge is 0.480 e. The molecule has 0 radical (unpaired) electrons. The van der Waals surface area contributed by atoms with E-state index in [1.165, 1.54) is 6.92 Å². The number of carbonyl (C=O) groups is 2. The van der Waals surface area contributed by atoms with Gasteiger partial charge in [-0.25, -0.2) is 0 Å². The molecule has 0 aliphatic rings. The van der Waals surface area contributed by atoms with E-state index in [2.05, 4.69) is 5.32 Å². The molecule has 0 aliphatic carbocycles. The van der Waals surface area contributed by atoms with Gasteiger partial charge >= 0.3 is 5.97 Å². The Morgan fingerprint density at radius 3 is 2.00 bits per heavy atom. The van der Waals surface area contributed by atoms with Gasteiger partial charge in [0.1, 0.15) is 6.04 Å². The van der Waals surface area contributed by atoms with Gasteiger partial charge in [0.25, 0.3) is 0 Å². The Labute approximate surface area is 72.0 Å². The van der Waals surface area contributed by atoms with Crippen molar-refractivity contribution in [3.63, 3.8) is 0 Å². The van der Waals surface area contributed by atoms with Crippen LogP contribution in [0.1, 0.15) is 27.7 Å². The van der Waals surface area contributed by atoms with E-state index in [1.807, 2.05) is 0 Å². The molecule has 0 rings (SSSR count). The van der Waals surface area contributed by atoms with Crippen LogP contribution < -0.4 is 5.32 Å². The fourth-order valence-corrected chi connectivity index (χ4v) is 0.475. The van der Waals surface area contributed by atoms with Crippen molar-refractivity contribution in [1.29, 1.82) is 0 Å². The SMILES string of the molecule is C[C@@H](NC(=O)C(C)(C)C)C(=O)O. The number of carbonyl (C=O) groups excluding carboxylic acids is 1. The second kappa shape index (κ2) is 3.56. The quantitative estimate of drug-likeness (QED) is 0.643. The zero-order valence-corrected chi connectivity index (χ0v) is 7.84. The van der Waals surface area contributed by atoms with E-state index in [4.69, 9.17) is 5.11 Å². The molecule has 0 saturated carbocycles. The first-order chi connectivity index (χ1) is 5.25. The van der Waals surface area contributed by atoms with Crippen LogP contribution in [-0.2, 0) is 9.59 Å². The molecule has 4 heteroatoms. The van der Waals surface area contributed by atoms with Gasteiger partial charge in [-0.3, -0.25) is 9.59 Å². The highest BCUT2D eigenvalue weighted by molar-refractivity contribution is 5.86. The smallest absolute Gasteiger partial charge is 0.325 e. The second-order valence-corrected chi connectivity index (χ2v) is 3.78. The maximum Gasteiger partial charge on any atom is 0.325 e. The topological polar surface area (TPSA) is 66.4 Å². The van der Waals surface area contributed by atoms with E-state index in [1.54, 1.807) is 20.8 Å². The first-order valence-corrected chi connectivity index (χ1v) is 3.79. The molecule has 2 N–H and O–H groups in total. The summed E-state index contributed by atoms with van der Waals surface area (Å²) >= 11 is 0. The van der Waals surface area contributed by atoms with Crippen LogP contribution in [0, 0.1) is 5.41 Å². The Balaban J connectivity index is 4.11. The molecule has 0 saturated heterocycles. The van der Waals surface area contributed by atoms with Gasteiger partial charge in [0.2, 0.25) is 5.91 Å². The van der Waals surface area contributed by atoms with Crippen LogP contribution >= 0.6 is 0 Å². The van der Waals surface area contributed by atoms with E-state index in [-0.39, 0.29) is 5.91 Å². The van der Waals surface area contributed by atoms with Crippen LogP contribution in [0.2, 0.25) is 0 Å². The minimum absolute atomic E-state index is 0.252. The normalized spacial score (nSPS) is 13.7. The molecule has 12 heavy (non-hydrogen) atoms. The van der Waals surface area contributed by atoms with Gasteiger partial charge in [0, 0.05) is 5.41 Å². The summed E-state index contributed by atoms with van der Waals surface area (Å²) in [6, 6.07) is -0.822. The zero-order valence-electron chi connectivity index (χ0n) is 7.84. The molecular formula is C8H15NO3. The van der Waals surface area contributed by atoms with Crippen LogP contribution in [0.3, 0.4) is 0 Å². The molecule has 0 aromatic carbocycles. The second-order valence-electron chi connectivity index (χ2n) is 3.78. The fraction of sp³-hybridized carbons (Fsp3) is 0.750. The minimum atomic E-state index is -1.02. The van der Waals surface area contributed by atoms with Crippen molar-refractivity contribution in [1.82, 2.24) is 5.32 Å². The summed E-state index contributed by atoms with van der Waals surface area (Å²) in [5, 5.41) is 10.9. The maximum absolute atomic E-state index is 11.2.